The summed E-state index contributed by atoms with van der Waals surface area (Å²) in [5, 5.41) is 3.80. The highest BCUT2D eigenvalue weighted by Crippen LogP contribution is 2.32. The number of piperidine rings is 2. The summed E-state index contributed by atoms with van der Waals surface area (Å²) in [6, 6.07) is 5.79. The summed E-state index contributed by atoms with van der Waals surface area (Å²) in [4.78, 5) is 26.1. The summed E-state index contributed by atoms with van der Waals surface area (Å²) in [5.41, 5.74) is 1.88. The van der Waals surface area contributed by atoms with Crippen LogP contribution in [-0.2, 0) is 4.79 Å². The SMILES string of the molecule is O=C(Nc1cc(Cl)ccc1N1CCCCC1)[C@@H]1CCCN(c2cnccn2)C1. The van der Waals surface area contributed by atoms with Gasteiger partial charge in [0, 0.05) is 43.6 Å². The zero-order valence-electron chi connectivity index (χ0n) is 16.0. The molecule has 28 heavy (non-hydrogen) atoms. The highest BCUT2D eigenvalue weighted by atomic mass is 35.5. The molecule has 2 aromatic rings. The molecule has 2 aliphatic heterocycles. The largest absolute Gasteiger partial charge is 0.370 e. The number of hydrogen-bond acceptors (Lipinski definition) is 5. The Morgan fingerprint density at radius 3 is 2.68 bits per heavy atom. The number of amides is 1. The molecule has 0 spiro atoms. The van der Waals surface area contributed by atoms with Crippen molar-refractivity contribution in [1.29, 1.82) is 0 Å². The van der Waals surface area contributed by atoms with Crippen molar-refractivity contribution in [2.24, 2.45) is 5.92 Å². The van der Waals surface area contributed by atoms with Crippen LogP contribution in [0.5, 0.6) is 0 Å². The smallest absolute Gasteiger partial charge is 0.229 e. The zero-order valence-corrected chi connectivity index (χ0v) is 16.7. The van der Waals surface area contributed by atoms with E-state index < -0.39 is 0 Å². The molecule has 3 heterocycles. The zero-order chi connectivity index (χ0) is 19.3. The molecule has 0 unspecified atom stereocenters. The maximum Gasteiger partial charge on any atom is 0.229 e. The summed E-state index contributed by atoms with van der Waals surface area (Å²) in [6.45, 7) is 3.60. The van der Waals surface area contributed by atoms with Crippen molar-refractivity contribution in [3.05, 3.63) is 41.8 Å². The molecule has 148 valence electrons. The van der Waals surface area contributed by atoms with Gasteiger partial charge in [0.05, 0.1) is 23.5 Å². The van der Waals surface area contributed by atoms with Gasteiger partial charge >= 0.3 is 0 Å². The lowest BCUT2D eigenvalue weighted by atomic mass is 9.97. The maximum absolute atomic E-state index is 13.1. The quantitative estimate of drug-likeness (QED) is 0.842. The van der Waals surface area contributed by atoms with Crippen LogP contribution in [-0.4, -0.2) is 42.1 Å². The van der Waals surface area contributed by atoms with E-state index in [1.54, 1.807) is 18.6 Å². The topological polar surface area (TPSA) is 61.4 Å². The number of hydrogen-bond donors (Lipinski definition) is 1. The molecule has 1 amide bonds. The number of nitrogens with one attached hydrogen (secondary N) is 1. The lowest BCUT2D eigenvalue weighted by Crippen LogP contribution is -2.41. The van der Waals surface area contributed by atoms with Gasteiger partial charge in [-0.3, -0.25) is 9.78 Å². The molecule has 0 saturated carbocycles. The molecule has 7 heteroatoms. The fourth-order valence-corrected chi connectivity index (χ4v) is 4.28. The fourth-order valence-electron chi connectivity index (χ4n) is 4.11. The molecule has 0 radical (unpaired) electrons. The van der Waals surface area contributed by atoms with Crippen LogP contribution < -0.4 is 15.1 Å². The minimum atomic E-state index is -0.0797. The summed E-state index contributed by atoms with van der Waals surface area (Å²) in [5.74, 6) is 0.801. The van der Waals surface area contributed by atoms with Crippen LogP contribution in [0.3, 0.4) is 0 Å². The number of carbonyl (C=O) groups excluding carboxylic acids is 1. The summed E-state index contributed by atoms with van der Waals surface area (Å²) in [6.07, 6.45) is 10.6. The van der Waals surface area contributed by atoms with Crippen molar-refractivity contribution >= 4 is 34.7 Å². The van der Waals surface area contributed by atoms with Crippen LogP contribution in [0.1, 0.15) is 32.1 Å². The first kappa shape index (κ1) is 19.0. The second-order valence-electron chi connectivity index (χ2n) is 7.55. The Labute approximate surface area is 170 Å². The second-order valence-corrected chi connectivity index (χ2v) is 7.98. The van der Waals surface area contributed by atoms with E-state index in [0.717, 1.165) is 49.7 Å². The molecule has 0 aliphatic carbocycles. The third-order valence-electron chi connectivity index (χ3n) is 5.58. The highest BCUT2D eigenvalue weighted by Gasteiger charge is 2.27. The first-order valence-corrected chi connectivity index (χ1v) is 10.4. The highest BCUT2D eigenvalue weighted by molar-refractivity contribution is 6.31. The van der Waals surface area contributed by atoms with E-state index in [4.69, 9.17) is 11.6 Å². The molecular weight excluding hydrogens is 374 g/mol. The summed E-state index contributed by atoms with van der Waals surface area (Å²) < 4.78 is 0. The van der Waals surface area contributed by atoms with Crippen molar-refractivity contribution in [2.75, 3.05) is 41.3 Å². The lowest BCUT2D eigenvalue weighted by Gasteiger charge is -2.33. The van der Waals surface area contributed by atoms with Gasteiger partial charge < -0.3 is 15.1 Å². The molecule has 1 aromatic carbocycles. The Morgan fingerprint density at radius 1 is 1.07 bits per heavy atom. The van der Waals surface area contributed by atoms with Gasteiger partial charge in [-0.05, 0) is 50.3 Å². The Hall–Kier alpha value is -2.34. The van der Waals surface area contributed by atoms with Gasteiger partial charge in [-0.1, -0.05) is 11.6 Å². The number of halogens is 1. The molecule has 2 fully saturated rings. The van der Waals surface area contributed by atoms with E-state index in [1.165, 1.54) is 19.3 Å². The van der Waals surface area contributed by atoms with Gasteiger partial charge in [0.15, 0.2) is 0 Å². The second kappa shape index (κ2) is 8.78. The van der Waals surface area contributed by atoms with Gasteiger partial charge in [-0.25, -0.2) is 4.98 Å². The number of benzene rings is 1. The predicted molar refractivity (Wildman–Crippen MR) is 113 cm³/mol. The van der Waals surface area contributed by atoms with Gasteiger partial charge in [-0.2, -0.15) is 0 Å². The summed E-state index contributed by atoms with van der Waals surface area (Å²) in [7, 11) is 0. The molecule has 6 nitrogen and oxygen atoms in total. The predicted octanol–water partition coefficient (Wildman–Crippen LogP) is 3.98. The van der Waals surface area contributed by atoms with Crippen LogP contribution in [0.25, 0.3) is 0 Å². The van der Waals surface area contributed by atoms with E-state index in [2.05, 4.69) is 25.1 Å². The molecule has 2 aliphatic rings. The maximum atomic E-state index is 13.1. The minimum Gasteiger partial charge on any atom is -0.370 e. The standard InChI is InChI=1S/C21H26ClN5O/c22-17-6-7-19(26-10-2-1-3-11-26)18(13-17)25-21(28)16-5-4-12-27(15-16)20-14-23-8-9-24-20/h6-9,13-14,16H,1-5,10-12,15H2,(H,25,28)/t16-/m1/s1. The monoisotopic (exact) mass is 399 g/mol. The number of rotatable bonds is 4. The average molecular weight is 400 g/mol. The average Bonchev–Trinajstić information content (AvgIpc) is 2.75. The number of carbonyl (C=O) groups is 1. The van der Waals surface area contributed by atoms with Crippen LogP contribution in [0.15, 0.2) is 36.8 Å². The van der Waals surface area contributed by atoms with Crippen LogP contribution >= 0.6 is 11.6 Å². The third kappa shape index (κ3) is 4.38. The van der Waals surface area contributed by atoms with E-state index in [9.17, 15) is 4.79 Å². The minimum absolute atomic E-state index is 0.0501. The van der Waals surface area contributed by atoms with Gasteiger partial charge in [0.1, 0.15) is 5.82 Å². The number of nitrogens with zero attached hydrogens (tertiary/aromatic N) is 4. The van der Waals surface area contributed by atoms with E-state index in [-0.39, 0.29) is 11.8 Å². The Kier molecular flexibility index (Phi) is 5.95. The molecule has 1 aromatic heterocycles. The summed E-state index contributed by atoms with van der Waals surface area (Å²) >= 11 is 6.23. The van der Waals surface area contributed by atoms with Gasteiger partial charge in [0.25, 0.3) is 0 Å². The molecule has 1 N–H and O–H groups in total. The van der Waals surface area contributed by atoms with Crippen molar-refractivity contribution in [2.45, 2.75) is 32.1 Å². The van der Waals surface area contributed by atoms with Crippen molar-refractivity contribution < 1.29 is 4.79 Å². The van der Waals surface area contributed by atoms with Crippen molar-refractivity contribution in [3.63, 3.8) is 0 Å². The third-order valence-corrected chi connectivity index (χ3v) is 5.81. The Balaban J connectivity index is 1.48. The molecule has 2 saturated heterocycles. The number of aromatic nitrogens is 2. The van der Waals surface area contributed by atoms with E-state index >= 15 is 0 Å². The Morgan fingerprint density at radius 2 is 1.89 bits per heavy atom. The van der Waals surface area contributed by atoms with Crippen molar-refractivity contribution in [1.82, 2.24) is 9.97 Å². The lowest BCUT2D eigenvalue weighted by molar-refractivity contribution is -0.120. The molecule has 1 atom stereocenters. The fraction of sp³-hybridized carbons (Fsp3) is 0.476. The van der Waals surface area contributed by atoms with Crippen LogP contribution in [0.2, 0.25) is 5.02 Å². The molecule has 0 bridgehead atoms. The van der Waals surface area contributed by atoms with Crippen LogP contribution in [0.4, 0.5) is 17.2 Å². The van der Waals surface area contributed by atoms with Crippen LogP contribution in [0, 0.1) is 5.92 Å². The molecular formula is C21H26ClN5O. The normalized spacial score (nSPS) is 20.1. The van der Waals surface area contributed by atoms with Gasteiger partial charge in [-0.15, -0.1) is 0 Å². The first-order valence-electron chi connectivity index (χ1n) is 10.1. The van der Waals surface area contributed by atoms with Crippen molar-refractivity contribution in [3.8, 4) is 0 Å². The van der Waals surface area contributed by atoms with E-state index in [1.807, 2.05) is 18.2 Å². The Bertz CT molecular complexity index is 810. The first-order chi connectivity index (χ1) is 13.7. The number of anilines is 3. The van der Waals surface area contributed by atoms with Gasteiger partial charge in [0.2, 0.25) is 5.91 Å². The van der Waals surface area contributed by atoms with E-state index in [0.29, 0.717) is 11.6 Å². The molecule has 4 rings (SSSR count).